The predicted octanol–water partition coefficient (Wildman–Crippen LogP) is 3.27. The number of hydrogen-bond donors (Lipinski definition) is 0. The molecule has 3 heterocycles. The average Bonchev–Trinajstić information content (AvgIpc) is 3.27. The maximum Gasteiger partial charge on any atom is 0.254 e. The number of aryl methyl sites for hydroxylation is 1. The fourth-order valence-corrected chi connectivity index (χ4v) is 3.41. The third-order valence-electron chi connectivity index (χ3n) is 4.76. The first kappa shape index (κ1) is 14.9. The third-order valence-corrected chi connectivity index (χ3v) is 4.76. The molecule has 0 radical (unpaired) electrons. The molecule has 1 atom stereocenters. The Morgan fingerprint density at radius 2 is 2.00 bits per heavy atom. The van der Waals surface area contributed by atoms with Gasteiger partial charge in [0.1, 0.15) is 0 Å². The van der Waals surface area contributed by atoms with Crippen LogP contribution in [0.1, 0.15) is 47.6 Å². The topological polar surface area (TPSA) is 50.5 Å². The normalized spacial score (nSPS) is 17.5. The predicted molar refractivity (Wildman–Crippen MR) is 91.8 cm³/mol. The summed E-state index contributed by atoms with van der Waals surface area (Å²) >= 11 is 0. The smallest absolute Gasteiger partial charge is 0.254 e. The van der Waals surface area contributed by atoms with Gasteiger partial charge in [0.15, 0.2) is 11.5 Å². The number of likely N-dealkylation sites (tertiary alicyclic amines) is 1. The number of aromatic nitrogens is 3. The quantitative estimate of drug-likeness (QED) is 0.744. The molecule has 1 amide bonds. The van der Waals surface area contributed by atoms with E-state index in [2.05, 4.69) is 17.1 Å². The molecule has 0 unspecified atom stereocenters. The number of fused-ring (bicyclic) bond motifs is 1. The van der Waals surface area contributed by atoms with Crippen molar-refractivity contribution in [1.29, 1.82) is 0 Å². The van der Waals surface area contributed by atoms with Crippen molar-refractivity contribution >= 4 is 11.6 Å². The van der Waals surface area contributed by atoms with Crippen molar-refractivity contribution in [3.63, 3.8) is 0 Å². The van der Waals surface area contributed by atoms with Crippen LogP contribution in [0, 0.1) is 0 Å². The minimum absolute atomic E-state index is 0.0132. The van der Waals surface area contributed by atoms with Crippen LogP contribution in [-0.4, -0.2) is 31.9 Å². The monoisotopic (exact) mass is 320 g/mol. The molecule has 24 heavy (non-hydrogen) atoms. The van der Waals surface area contributed by atoms with Gasteiger partial charge in [0.25, 0.3) is 5.91 Å². The molecular weight excluding hydrogens is 300 g/mol. The summed E-state index contributed by atoms with van der Waals surface area (Å²) in [6.45, 7) is 2.88. The second kappa shape index (κ2) is 6.07. The van der Waals surface area contributed by atoms with Gasteiger partial charge >= 0.3 is 0 Å². The standard InChI is InChI=1S/C19H20N4O/c1-2-14-8-10-15(11-9-14)19(24)22-13-5-6-16(22)18-21-20-17-7-3-4-12-23(17)18/h3-4,7-12,16H,2,5-6,13H2,1H3/t16-/m0/s1. The fourth-order valence-electron chi connectivity index (χ4n) is 3.41. The van der Waals surface area contributed by atoms with Crippen molar-refractivity contribution in [3.05, 3.63) is 65.6 Å². The van der Waals surface area contributed by atoms with E-state index in [1.165, 1.54) is 5.56 Å². The first-order chi connectivity index (χ1) is 11.8. The van der Waals surface area contributed by atoms with E-state index in [0.29, 0.717) is 0 Å². The molecule has 1 fully saturated rings. The third kappa shape index (κ3) is 2.46. The molecule has 0 bridgehead atoms. The van der Waals surface area contributed by atoms with E-state index in [1.54, 1.807) is 0 Å². The van der Waals surface area contributed by atoms with E-state index in [1.807, 2.05) is 58.0 Å². The zero-order valence-electron chi connectivity index (χ0n) is 13.7. The molecule has 2 aromatic heterocycles. The Hall–Kier alpha value is -2.69. The van der Waals surface area contributed by atoms with Crippen LogP contribution in [0.3, 0.4) is 0 Å². The molecule has 122 valence electrons. The van der Waals surface area contributed by atoms with Crippen molar-refractivity contribution in [3.8, 4) is 0 Å². The van der Waals surface area contributed by atoms with Crippen molar-refractivity contribution in [2.24, 2.45) is 0 Å². The van der Waals surface area contributed by atoms with Gasteiger partial charge in [0, 0.05) is 18.3 Å². The van der Waals surface area contributed by atoms with Crippen LogP contribution in [0.4, 0.5) is 0 Å². The Morgan fingerprint density at radius 1 is 1.17 bits per heavy atom. The molecule has 0 spiro atoms. The average molecular weight is 320 g/mol. The van der Waals surface area contributed by atoms with E-state index in [4.69, 9.17) is 0 Å². The summed E-state index contributed by atoms with van der Waals surface area (Å²) < 4.78 is 1.98. The summed E-state index contributed by atoms with van der Waals surface area (Å²) in [5.74, 6) is 0.925. The number of nitrogens with zero attached hydrogens (tertiary/aromatic N) is 4. The van der Waals surface area contributed by atoms with Crippen LogP contribution in [0.2, 0.25) is 0 Å². The fraction of sp³-hybridized carbons (Fsp3) is 0.316. The van der Waals surface area contributed by atoms with Gasteiger partial charge in [0.05, 0.1) is 6.04 Å². The van der Waals surface area contributed by atoms with Crippen molar-refractivity contribution in [2.75, 3.05) is 6.54 Å². The Balaban J connectivity index is 1.65. The summed E-state index contributed by atoms with van der Waals surface area (Å²) in [6.07, 6.45) is 4.86. The van der Waals surface area contributed by atoms with E-state index in [-0.39, 0.29) is 11.9 Å². The van der Waals surface area contributed by atoms with Crippen molar-refractivity contribution < 1.29 is 4.79 Å². The highest BCUT2D eigenvalue weighted by Gasteiger charge is 2.33. The minimum atomic E-state index is -0.0132. The zero-order chi connectivity index (χ0) is 16.5. The van der Waals surface area contributed by atoms with Gasteiger partial charge in [-0.15, -0.1) is 10.2 Å². The Labute approximate surface area is 140 Å². The molecule has 1 aliphatic rings. The van der Waals surface area contributed by atoms with Gasteiger partial charge in [0.2, 0.25) is 0 Å². The maximum absolute atomic E-state index is 13.0. The summed E-state index contributed by atoms with van der Waals surface area (Å²) in [6, 6.07) is 13.7. The van der Waals surface area contributed by atoms with Crippen LogP contribution in [0.25, 0.3) is 5.65 Å². The molecule has 0 N–H and O–H groups in total. The molecule has 0 aliphatic carbocycles. The molecule has 3 aromatic rings. The number of benzene rings is 1. The van der Waals surface area contributed by atoms with Gasteiger partial charge in [-0.25, -0.2) is 0 Å². The summed E-state index contributed by atoms with van der Waals surface area (Å²) in [5, 5.41) is 8.58. The summed E-state index contributed by atoms with van der Waals surface area (Å²) in [7, 11) is 0. The van der Waals surface area contributed by atoms with E-state index in [0.717, 1.165) is 42.8 Å². The van der Waals surface area contributed by atoms with Crippen LogP contribution in [-0.2, 0) is 6.42 Å². The van der Waals surface area contributed by atoms with Gasteiger partial charge in [-0.1, -0.05) is 25.1 Å². The highest BCUT2D eigenvalue weighted by Crippen LogP contribution is 2.32. The lowest BCUT2D eigenvalue weighted by molar-refractivity contribution is 0.0729. The second-order valence-corrected chi connectivity index (χ2v) is 6.19. The van der Waals surface area contributed by atoms with Crippen LogP contribution in [0.5, 0.6) is 0 Å². The lowest BCUT2D eigenvalue weighted by Crippen LogP contribution is -2.31. The highest BCUT2D eigenvalue weighted by atomic mass is 16.2. The SMILES string of the molecule is CCc1ccc(C(=O)N2CCC[C@H]2c2nnc3ccccn23)cc1. The molecule has 5 heteroatoms. The number of carbonyl (C=O) groups excluding carboxylic acids is 1. The molecule has 1 aliphatic heterocycles. The molecular formula is C19H20N4O. The van der Waals surface area contributed by atoms with Crippen LogP contribution < -0.4 is 0 Å². The van der Waals surface area contributed by atoms with E-state index in [9.17, 15) is 4.79 Å². The Morgan fingerprint density at radius 3 is 2.79 bits per heavy atom. The van der Waals surface area contributed by atoms with Gasteiger partial charge in [-0.05, 0) is 49.1 Å². The number of carbonyl (C=O) groups is 1. The second-order valence-electron chi connectivity index (χ2n) is 6.19. The van der Waals surface area contributed by atoms with E-state index < -0.39 is 0 Å². The van der Waals surface area contributed by atoms with Crippen LogP contribution >= 0.6 is 0 Å². The molecule has 0 saturated carbocycles. The minimum Gasteiger partial charge on any atom is -0.328 e. The van der Waals surface area contributed by atoms with Crippen molar-refractivity contribution in [2.45, 2.75) is 32.2 Å². The molecule has 1 aromatic carbocycles. The zero-order valence-corrected chi connectivity index (χ0v) is 13.7. The van der Waals surface area contributed by atoms with Gasteiger partial charge < -0.3 is 4.90 Å². The molecule has 1 saturated heterocycles. The maximum atomic E-state index is 13.0. The lowest BCUT2D eigenvalue weighted by Gasteiger charge is -2.23. The van der Waals surface area contributed by atoms with Gasteiger partial charge in [-0.2, -0.15) is 0 Å². The lowest BCUT2D eigenvalue weighted by atomic mass is 10.1. The summed E-state index contributed by atoms with van der Waals surface area (Å²) in [5.41, 5.74) is 2.81. The highest BCUT2D eigenvalue weighted by molar-refractivity contribution is 5.94. The number of rotatable bonds is 3. The summed E-state index contributed by atoms with van der Waals surface area (Å²) in [4.78, 5) is 14.9. The molecule has 5 nitrogen and oxygen atoms in total. The van der Waals surface area contributed by atoms with Crippen LogP contribution in [0.15, 0.2) is 48.7 Å². The van der Waals surface area contributed by atoms with Crippen molar-refractivity contribution in [1.82, 2.24) is 19.5 Å². The number of hydrogen-bond acceptors (Lipinski definition) is 3. The Kier molecular flexibility index (Phi) is 3.76. The number of amides is 1. The number of pyridine rings is 1. The Bertz CT molecular complexity index is 868. The molecule has 4 rings (SSSR count). The first-order valence-corrected chi connectivity index (χ1v) is 8.47. The first-order valence-electron chi connectivity index (χ1n) is 8.47. The van der Waals surface area contributed by atoms with Gasteiger partial charge in [-0.3, -0.25) is 9.20 Å². The van der Waals surface area contributed by atoms with E-state index >= 15 is 0 Å². The largest absolute Gasteiger partial charge is 0.328 e.